The highest BCUT2D eigenvalue weighted by molar-refractivity contribution is 5.63. The Hall–Kier alpha value is -1.48. The summed E-state index contributed by atoms with van der Waals surface area (Å²) < 4.78 is 5.25. The van der Waals surface area contributed by atoms with Crippen molar-refractivity contribution >= 4 is 5.69 Å². The molecule has 0 N–H and O–H groups in total. The van der Waals surface area contributed by atoms with Crippen molar-refractivity contribution in [2.24, 2.45) is 0 Å². The van der Waals surface area contributed by atoms with Crippen molar-refractivity contribution in [1.82, 2.24) is 4.90 Å². The van der Waals surface area contributed by atoms with Crippen LogP contribution in [0.5, 0.6) is 5.75 Å². The van der Waals surface area contributed by atoms with Crippen LogP contribution in [0.25, 0.3) is 0 Å². The molecule has 0 atom stereocenters. The molecule has 0 fully saturated rings. The van der Waals surface area contributed by atoms with Crippen LogP contribution >= 0.6 is 0 Å². The molecule has 0 saturated heterocycles. The third-order valence-electron chi connectivity index (χ3n) is 3.06. The van der Waals surface area contributed by atoms with Crippen molar-refractivity contribution in [2.75, 3.05) is 39.2 Å². The van der Waals surface area contributed by atoms with Crippen LogP contribution in [0.4, 0.5) is 5.69 Å². The average molecular weight is 232 g/mol. The van der Waals surface area contributed by atoms with Gasteiger partial charge in [0.15, 0.2) is 0 Å². The lowest BCUT2D eigenvalue weighted by Crippen LogP contribution is -2.27. The van der Waals surface area contributed by atoms with Crippen LogP contribution in [-0.4, -0.2) is 39.2 Å². The van der Waals surface area contributed by atoms with E-state index in [-0.39, 0.29) is 0 Å². The number of hydrogen-bond acceptors (Lipinski definition) is 3. The summed E-state index contributed by atoms with van der Waals surface area (Å²) in [4.78, 5) is 4.44. The number of nitrogens with zero attached hydrogens (tertiary/aromatic N) is 2. The van der Waals surface area contributed by atoms with E-state index < -0.39 is 0 Å². The highest BCUT2D eigenvalue weighted by Crippen LogP contribution is 2.33. The van der Waals surface area contributed by atoms with Crippen LogP contribution in [0.2, 0.25) is 0 Å². The van der Waals surface area contributed by atoms with Crippen LogP contribution in [0, 0.1) is 0 Å². The van der Waals surface area contributed by atoms with Crippen molar-refractivity contribution in [3.63, 3.8) is 0 Å². The fourth-order valence-corrected chi connectivity index (χ4v) is 2.28. The molecule has 1 heterocycles. The number of methoxy groups -OCH3 is 1. The lowest BCUT2D eigenvalue weighted by Gasteiger charge is -2.24. The van der Waals surface area contributed by atoms with Gasteiger partial charge in [-0.05, 0) is 44.3 Å². The summed E-state index contributed by atoms with van der Waals surface area (Å²) in [5.41, 5.74) is 3.78. The third-order valence-corrected chi connectivity index (χ3v) is 3.06. The van der Waals surface area contributed by atoms with Gasteiger partial charge in [0.05, 0.1) is 7.11 Å². The molecule has 0 amide bonds. The Bertz CT molecular complexity index is 426. The quantitative estimate of drug-likeness (QED) is 0.791. The Morgan fingerprint density at radius 2 is 2.24 bits per heavy atom. The van der Waals surface area contributed by atoms with Gasteiger partial charge in [0.25, 0.3) is 0 Å². The van der Waals surface area contributed by atoms with Gasteiger partial charge in [-0.15, -0.1) is 0 Å². The number of rotatable bonds is 4. The van der Waals surface area contributed by atoms with Crippen LogP contribution in [-0.2, 0) is 6.42 Å². The molecule has 0 aliphatic carbocycles. The molecule has 1 aromatic carbocycles. The molecule has 92 valence electrons. The van der Waals surface area contributed by atoms with Crippen molar-refractivity contribution in [2.45, 2.75) is 6.42 Å². The normalized spacial score (nSPS) is 14.0. The number of ether oxygens (including phenoxy) is 1. The second-order valence-corrected chi connectivity index (χ2v) is 4.70. The fourth-order valence-electron chi connectivity index (χ4n) is 2.28. The number of anilines is 1. The molecular weight excluding hydrogens is 212 g/mol. The molecule has 1 aromatic rings. The van der Waals surface area contributed by atoms with E-state index in [0.717, 1.165) is 31.0 Å². The molecule has 0 bridgehead atoms. The number of likely N-dealkylation sites (N-methyl/N-ethyl adjacent to an activating group) is 1. The zero-order chi connectivity index (χ0) is 12.4. The van der Waals surface area contributed by atoms with Crippen molar-refractivity contribution in [3.8, 4) is 5.75 Å². The highest BCUT2D eigenvalue weighted by atomic mass is 16.5. The van der Waals surface area contributed by atoms with Gasteiger partial charge in [0, 0.05) is 24.5 Å². The molecule has 2 rings (SSSR count). The van der Waals surface area contributed by atoms with Gasteiger partial charge < -0.3 is 14.5 Å². The monoisotopic (exact) mass is 232 g/mol. The molecule has 0 radical (unpaired) electrons. The zero-order valence-electron chi connectivity index (χ0n) is 10.9. The van der Waals surface area contributed by atoms with E-state index in [1.165, 1.54) is 11.3 Å². The van der Waals surface area contributed by atoms with Crippen molar-refractivity contribution < 1.29 is 4.74 Å². The smallest absolute Gasteiger partial charge is 0.119 e. The van der Waals surface area contributed by atoms with E-state index >= 15 is 0 Å². The standard InChI is InChI=1S/C14H20N2O/c1-11(10-15(2)3)16-8-7-12-9-13(17-4)5-6-14(12)16/h5-6,9H,1,7-8,10H2,2-4H3. The second kappa shape index (κ2) is 4.80. The van der Waals surface area contributed by atoms with E-state index in [0.29, 0.717) is 0 Å². The Labute approximate surface area is 103 Å². The van der Waals surface area contributed by atoms with Gasteiger partial charge in [-0.3, -0.25) is 0 Å². The molecule has 3 heteroatoms. The first-order valence-electron chi connectivity index (χ1n) is 5.89. The SMILES string of the molecule is C=C(CN(C)C)N1CCc2cc(OC)ccc21. The molecule has 0 saturated carbocycles. The Balaban J connectivity index is 2.19. The second-order valence-electron chi connectivity index (χ2n) is 4.70. The fraction of sp³-hybridized carbons (Fsp3) is 0.429. The molecule has 0 unspecified atom stereocenters. The van der Waals surface area contributed by atoms with Crippen LogP contribution in [0.15, 0.2) is 30.5 Å². The van der Waals surface area contributed by atoms with Gasteiger partial charge in [-0.25, -0.2) is 0 Å². The van der Waals surface area contributed by atoms with Crippen LogP contribution < -0.4 is 9.64 Å². The summed E-state index contributed by atoms with van der Waals surface area (Å²) in [5.74, 6) is 0.934. The molecule has 0 spiro atoms. The Morgan fingerprint density at radius 3 is 2.88 bits per heavy atom. The third kappa shape index (κ3) is 2.44. The molecular formula is C14H20N2O. The first-order chi connectivity index (χ1) is 8.11. The summed E-state index contributed by atoms with van der Waals surface area (Å²) in [6, 6.07) is 6.26. The van der Waals surface area contributed by atoms with Crippen LogP contribution in [0.1, 0.15) is 5.56 Å². The summed E-state index contributed by atoms with van der Waals surface area (Å²) in [6.07, 6.45) is 1.07. The lowest BCUT2D eigenvalue weighted by molar-refractivity contribution is 0.414. The summed E-state index contributed by atoms with van der Waals surface area (Å²) in [5, 5.41) is 0. The summed E-state index contributed by atoms with van der Waals surface area (Å²) in [6.45, 7) is 6.09. The minimum absolute atomic E-state index is 0.894. The van der Waals surface area contributed by atoms with Gasteiger partial charge in [0.1, 0.15) is 5.75 Å². The van der Waals surface area contributed by atoms with E-state index in [1.54, 1.807) is 7.11 Å². The predicted octanol–water partition coefficient (Wildman–Crippen LogP) is 2.13. The van der Waals surface area contributed by atoms with Gasteiger partial charge >= 0.3 is 0 Å². The van der Waals surface area contributed by atoms with Gasteiger partial charge in [-0.2, -0.15) is 0 Å². The molecule has 3 nitrogen and oxygen atoms in total. The van der Waals surface area contributed by atoms with E-state index in [1.807, 2.05) is 6.07 Å². The maximum absolute atomic E-state index is 5.25. The minimum atomic E-state index is 0.894. The van der Waals surface area contributed by atoms with E-state index in [4.69, 9.17) is 4.74 Å². The first kappa shape index (κ1) is 12.0. The largest absolute Gasteiger partial charge is 0.497 e. The maximum atomic E-state index is 5.25. The topological polar surface area (TPSA) is 15.7 Å². The van der Waals surface area contributed by atoms with Crippen molar-refractivity contribution in [3.05, 3.63) is 36.0 Å². The maximum Gasteiger partial charge on any atom is 0.119 e. The molecule has 1 aliphatic heterocycles. The number of fused-ring (bicyclic) bond motifs is 1. The predicted molar refractivity (Wildman–Crippen MR) is 71.7 cm³/mol. The van der Waals surface area contributed by atoms with Crippen molar-refractivity contribution in [1.29, 1.82) is 0 Å². The van der Waals surface area contributed by atoms with Gasteiger partial charge in [-0.1, -0.05) is 6.58 Å². The summed E-state index contributed by atoms with van der Waals surface area (Å²) in [7, 11) is 5.84. The summed E-state index contributed by atoms with van der Waals surface area (Å²) >= 11 is 0. The molecule has 17 heavy (non-hydrogen) atoms. The first-order valence-corrected chi connectivity index (χ1v) is 5.89. The average Bonchev–Trinajstić information content (AvgIpc) is 2.70. The number of hydrogen-bond donors (Lipinski definition) is 0. The zero-order valence-corrected chi connectivity index (χ0v) is 10.9. The Kier molecular flexibility index (Phi) is 3.38. The molecule has 1 aliphatic rings. The highest BCUT2D eigenvalue weighted by Gasteiger charge is 2.21. The lowest BCUT2D eigenvalue weighted by atomic mass is 10.1. The van der Waals surface area contributed by atoms with E-state index in [9.17, 15) is 0 Å². The van der Waals surface area contributed by atoms with E-state index in [2.05, 4.69) is 42.6 Å². The Morgan fingerprint density at radius 1 is 1.47 bits per heavy atom. The van der Waals surface area contributed by atoms with Crippen LogP contribution in [0.3, 0.4) is 0 Å². The number of benzene rings is 1. The minimum Gasteiger partial charge on any atom is -0.497 e. The molecule has 0 aromatic heterocycles. The van der Waals surface area contributed by atoms with Gasteiger partial charge in [0.2, 0.25) is 0 Å².